The van der Waals surface area contributed by atoms with Gasteiger partial charge < -0.3 is 20.3 Å². The second-order valence-electron chi connectivity index (χ2n) is 7.55. The van der Waals surface area contributed by atoms with Crippen LogP contribution in [0.3, 0.4) is 0 Å². The third-order valence-electron chi connectivity index (χ3n) is 4.69. The Hall–Kier alpha value is -2.86. The van der Waals surface area contributed by atoms with Crippen molar-refractivity contribution in [3.05, 3.63) is 59.7 Å². The Labute approximate surface area is 179 Å². The van der Waals surface area contributed by atoms with Crippen LogP contribution in [0.4, 0.5) is 5.69 Å². The maximum absolute atomic E-state index is 12.5. The third-order valence-corrected chi connectivity index (χ3v) is 4.69. The van der Waals surface area contributed by atoms with Crippen molar-refractivity contribution in [1.82, 2.24) is 10.2 Å². The van der Waals surface area contributed by atoms with Crippen molar-refractivity contribution in [1.29, 1.82) is 0 Å². The van der Waals surface area contributed by atoms with Crippen LogP contribution in [0, 0.1) is 5.92 Å². The maximum atomic E-state index is 12.5. The lowest BCUT2D eigenvalue weighted by atomic mass is 10.1. The SMILES string of the molecule is CCN(CC)CCNC(=O)c1ccc(NC(=O)c2cccc(OCC(C)C)c2)cc1. The number of rotatable bonds is 11. The molecular weight excluding hydrogens is 378 g/mol. The molecule has 2 aromatic carbocycles. The van der Waals surface area contributed by atoms with Crippen LogP contribution in [0.15, 0.2) is 48.5 Å². The van der Waals surface area contributed by atoms with E-state index in [0.717, 1.165) is 19.6 Å². The van der Waals surface area contributed by atoms with E-state index in [4.69, 9.17) is 4.74 Å². The van der Waals surface area contributed by atoms with Gasteiger partial charge in [-0.05, 0) is 61.5 Å². The quantitative estimate of drug-likeness (QED) is 0.585. The summed E-state index contributed by atoms with van der Waals surface area (Å²) in [5.74, 6) is 0.750. The lowest BCUT2D eigenvalue weighted by Gasteiger charge is -2.18. The standard InChI is InChI=1S/C24H33N3O3/c1-5-27(6-2)15-14-25-23(28)19-10-12-21(13-11-19)26-24(29)20-8-7-9-22(16-20)30-17-18(3)4/h7-13,16,18H,5-6,14-15,17H2,1-4H3,(H,25,28)(H,26,29). The van der Waals surface area contributed by atoms with Crippen molar-refractivity contribution in [3.63, 3.8) is 0 Å². The molecule has 0 aliphatic heterocycles. The molecule has 0 unspecified atom stereocenters. The molecule has 0 heterocycles. The molecule has 0 aromatic heterocycles. The molecule has 30 heavy (non-hydrogen) atoms. The van der Waals surface area contributed by atoms with E-state index in [1.807, 2.05) is 6.07 Å². The molecular formula is C24H33N3O3. The van der Waals surface area contributed by atoms with Gasteiger partial charge in [-0.15, -0.1) is 0 Å². The zero-order valence-electron chi connectivity index (χ0n) is 18.4. The molecule has 0 atom stereocenters. The van der Waals surface area contributed by atoms with E-state index < -0.39 is 0 Å². The lowest BCUT2D eigenvalue weighted by molar-refractivity contribution is 0.0948. The molecule has 2 aromatic rings. The number of likely N-dealkylation sites (N-methyl/N-ethyl adjacent to an activating group) is 1. The minimum absolute atomic E-state index is 0.116. The normalized spacial score (nSPS) is 10.9. The molecule has 0 saturated carbocycles. The largest absolute Gasteiger partial charge is 0.493 e. The monoisotopic (exact) mass is 411 g/mol. The average molecular weight is 412 g/mol. The minimum atomic E-state index is -0.221. The highest BCUT2D eigenvalue weighted by molar-refractivity contribution is 6.04. The van der Waals surface area contributed by atoms with Crippen molar-refractivity contribution in [2.45, 2.75) is 27.7 Å². The highest BCUT2D eigenvalue weighted by atomic mass is 16.5. The van der Waals surface area contributed by atoms with Crippen LogP contribution in [-0.4, -0.2) is 49.5 Å². The van der Waals surface area contributed by atoms with Crippen molar-refractivity contribution in [3.8, 4) is 5.75 Å². The maximum Gasteiger partial charge on any atom is 0.255 e. The number of anilines is 1. The van der Waals surface area contributed by atoms with Gasteiger partial charge in [0.2, 0.25) is 0 Å². The number of carbonyl (C=O) groups is 2. The summed E-state index contributed by atoms with van der Waals surface area (Å²) in [4.78, 5) is 27.1. The first-order chi connectivity index (χ1) is 14.4. The fourth-order valence-electron chi connectivity index (χ4n) is 2.87. The van der Waals surface area contributed by atoms with Crippen LogP contribution < -0.4 is 15.4 Å². The van der Waals surface area contributed by atoms with Gasteiger partial charge in [0.15, 0.2) is 0 Å². The first-order valence-electron chi connectivity index (χ1n) is 10.6. The summed E-state index contributed by atoms with van der Waals surface area (Å²) in [6.07, 6.45) is 0. The molecule has 0 fully saturated rings. The summed E-state index contributed by atoms with van der Waals surface area (Å²) in [6.45, 7) is 12.3. The second kappa shape index (κ2) is 12.0. The zero-order chi connectivity index (χ0) is 21.9. The number of hydrogen-bond donors (Lipinski definition) is 2. The first-order valence-corrected chi connectivity index (χ1v) is 10.6. The molecule has 6 heteroatoms. The van der Waals surface area contributed by atoms with Gasteiger partial charge in [-0.3, -0.25) is 9.59 Å². The third kappa shape index (κ3) is 7.52. The predicted octanol–water partition coefficient (Wildman–Crippen LogP) is 4.05. The van der Waals surface area contributed by atoms with Gasteiger partial charge in [-0.1, -0.05) is 33.8 Å². The van der Waals surface area contributed by atoms with Crippen LogP contribution in [0.25, 0.3) is 0 Å². The number of hydrogen-bond acceptors (Lipinski definition) is 4. The Morgan fingerprint density at radius 1 is 0.967 bits per heavy atom. The Morgan fingerprint density at radius 3 is 2.30 bits per heavy atom. The smallest absolute Gasteiger partial charge is 0.255 e. The van der Waals surface area contributed by atoms with E-state index in [2.05, 4.69) is 43.2 Å². The number of ether oxygens (including phenoxy) is 1. The van der Waals surface area contributed by atoms with E-state index in [-0.39, 0.29) is 11.8 Å². The van der Waals surface area contributed by atoms with Gasteiger partial charge >= 0.3 is 0 Å². The van der Waals surface area contributed by atoms with Gasteiger partial charge in [-0.2, -0.15) is 0 Å². The van der Waals surface area contributed by atoms with E-state index in [0.29, 0.717) is 41.6 Å². The van der Waals surface area contributed by atoms with Gasteiger partial charge in [0.1, 0.15) is 5.75 Å². The Kier molecular flexibility index (Phi) is 9.35. The molecule has 0 bridgehead atoms. The summed E-state index contributed by atoms with van der Waals surface area (Å²) in [7, 11) is 0. The number of nitrogens with one attached hydrogen (secondary N) is 2. The number of nitrogens with zero attached hydrogens (tertiary/aromatic N) is 1. The highest BCUT2D eigenvalue weighted by Crippen LogP contribution is 2.17. The van der Waals surface area contributed by atoms with Crippen LogP contribution in [-0.2, 0) is 0 Å². The Bertz CT molecular complexity index is 815. The van der Waals surface area contributed by atoms with Crippen LogP contribution in [0.5, 0.6) is 5.75 Å². The van der Waals surface area contributed by atoms with E-state index in [9.17, 15) is 9.59 Å². The van der Waals surface area contributed by atoms with Crippen molar-refractivity contribution < 1.29 is 14.3 Å². The summed E-state index contributed by atoms with van der Waals surface area (Å²) >= 11 is 0. The van der Waals surface area contributed by atoms with Crippen LogP contribution >= 0.6 is 0 Å². The summed E-state index contributed by atoms with van der Waals surface area (Å²) in [6, 6.07) is 14.0. The van der Waals surface area contributed by atoms with Crippen molar-refractivity contribution in [2.24, 2.45) is 5.92 Å². The van der Waals surface area contributed by atoms with Crippen molar-refractivity contribution in [2.75, 3.05) is 38.1 Å². The van der Waals surface area contributed by atoms with E-state index in [1.165, 1.54) is 0 Å². The number of benzene rings is 2. The van der Waals surface area contributed by atoms with Crippen LogP contribution in [0.2, 0.25) is 0 Å². The molecule has 2 rings (SSSR count). The second-order valence-corrected chi connectivity index (χ2v) is 7.55. The van der Waals surface area contributed by atoms with E-state index >= 15 is 0 Å². The van der Waals surface area contributed by atoms with Gasteiger partial charge in [-0.25, -0.2) is 0 Å². The van der Waals surface area contributed by atoms with Gasteiger partial charge in [0, 0.05) is 29.9 Å². The van der Waals surface area contributed by atoms with Gasteiger partial charge in [0.25, 0.3) is 11.8 Å². The molecule has 0 aliphatic rings. The molecule has 2 N–H and O–H groups in total. The number of carbonyl (C=O) groups excluding carboxylic acids is 2. The number of amides is 2. The molecule has 0 radical (unpaired) electrons. The molecule has 0 saturated heterocycles. The topological polar surface area (TPSA) is 70.7 Å². The van der Waals surface area contributed by atoms with Crippen molar-refractivity contribution >= 4 is 17.5 Å². The predicted molar refractivity (Wildman–Crippen MR) is 121 cm³/mol. The summed E-state index contributed by atoms with van der Waals surface area (Å²) < 4.78 is 5.68. The van der Waals surface area contributed by atoms with Gasteiger partial charge in [0.05, 0.1) is 6.61 Å². The summed E-state index contributed by atoms with van der Waals surface area (Å²) in [5.41, 5.74) is 1.72. The first kappa shape index (κ1) is 23.4. The fourth-order valence-corrected chi connectivity index (χ4v) is 2.87. The average Bonchev–Trinajstić information content (AvgIpc) is 2.76. The Morgan fingerprint density at radius 2 is 1.67 bits per heavy atom. The Balaban J connectivity index is 1.90. The molecule has 162 valence electrons. The van der Waals surface area contributed by atoms with E-state index in [1.54, 1.807) is 42.5 Å². The molecule has 0 aliphatic carbocycles. The fraction of sp³-hybridized carbons (Fsp3) is 0.417. The molecule has 2 amide bonds. The lowest BCUT2D eigenvalue weighted by Crippen LogP contribution is -2.34. The van der Waals surface area contributed by atoms with Crippen LogP contribution in [0.1, 0.15) is 48.4 Å². The highest BCUT2D eigenvalue weighted by Gasteiger charge is 2.10. The minimum Gasteiger partial charge on any atom is -0.493 e. The molecule has 0 spiro atoms. The zero-order valence-corrected chi connectivity index (χ0v) is 18.4. The molecule has 6 nitrogen and oxygen atoms in total. The summed E-state index contributed by atoms with van der Waals surface area (Å²) in [5, 5.41) is 5.79.